The van der Waals surface area contributed by atoms with Gasteiger partial charge in [0.05, 0.1) is 0 Å². The van der Waals surface area contributed by atoms with Crippen molar-refractivity contribution in [3.63, 3.8) is 0 Å². The second kappa shape index (κ2) is 2.44. The summed E-state index contributed by atoms with van der Waals surface area (Å²) in [4.78, 5) is 0. The van der Waals surface area contributed by atoms with Gasteiger partial charge in [0.25, 0.3) is 0 Å². The minimum absolute atomic E-state index is 0.285. The van der Waals surface area contributed by atoms with Crippen LogP contribution in [0.25, 0.3) is 0 Å². The van der Waals surface area contributed by atoms with Gasteiger partial charge in [-0.2, -0.15) is 0 Å². The lowest BCUT2D eigenvalue weighted by Gasteiger charge is -2.28. The number of nitrogens with zero attached hydrogens (tertiary/aromatic N) is 1. The van der Waals surface area contributed by atoms with Crippen LogP contribution in [0.5, 0.6) is 0 Å². The molecule has 0 N–H and O–H groups in total. The second-order valence-electron chi connectivity index (χ2n) is 1.97. The third-order valence-electron chi connectivity index (χ3n) is 1.35. The summed E-state index contributed by atoms with van der Waals surface area (Å²) in [6, 6.07) is 0. The van der Waals surface area contributed by atoms with Crippen LogP contribution in [0.1, 0.15) is 6.42 Å². The summed E-state index contributed by atoms with van der Waals surface area (Å²) in [5.41, 5.74) is 0. The molecule has 0 bridgehead atoms. The van der Waals surface area contributed by atoms with Crippen molar-refractivity contribution in [3.8, 4) is 0 Å². The van der Waals surface area contributed by atoms with E-state index in [9.17, 15) is 8.42 Å². The Morgan fingerprint density at radius 1 is 1.44 bits per heavy atom. The first-order chi connectivity index (χ1) is 4.17. The van der Waals surface area contributed by atoms with E-state index in [1.54, 1.807) is 0 Å². The largest absolute Gasteiger partial charge is 0.228 e. The highest BCUT2D eigenvalue weighted by atomic mass is 35.5. The zero-order valence-corrected chi connectivity index (χ0v) is 6.45. The lowest BCUT2D eigenvalue weighted by molar-refractivity contribution is 0.311. The van der Waals surface area contributed by atoms with E-state index in [1.165, 1.54) is 4.31 Å². The van der Waals surface area contributed by atoms with Gasteiger partial charge in [-0.15, -0.1) is 11.6 Å². The normalized spacial score (nSPS) is 21.4. The second-order valence-corrected chi connectivity index (χ2v) is 4.53. The molecule has 0 atom stereocenters. The molecule has 1 aliphatic rings. The number of alkyl halides is 1. The van der Waals surface area contributed by atoms with Crippen molar-refractivity contribution in [2.24, 2.45) is 0 Å². The summed E-state index contributed by atoms with van der Waals surface area (Å²) >= 11 is 5.17. The minimum atomic E-state index is -3.06. The SMILES string of the molecule is O=S(=O)(CCl)N1CCC1. The Balaban J connectivity index is 2.59. The molecule has 0 spiro atoms. The fourth-order valence-electron chi connectivity index (χ4n) is 0.634. The van der Waals surface area contributed by atoms with Crippen molar-refractivity contribution < 1.29 is 8.42 Å². The number of sulfonamides is 1. The molecular weight excluding hydrogens is 162 g/mol. The van der Waals surface area contributed by atoms with Gasteiger partial charge in [-0.25, -0.2) is 12.7 Å². The van der Waals surface area contributed by atoms with E-state index in [-0.39, 0.29) is 5.21 Å². The van der Waals surface area contributed by atoms with Gasteiger partial charge in [-0.05, 0) is 6.42 Å². The van der Waals surface area contributed by atoms with Crippen LogP contribution in [0, 0.1) is 0 Å². The molecule has 1 aliphatic heterocycles. The van der Waals surface area contributed by atoms with Crippen molar-refractivity contribution in [1.29, 1.82) is 0 Å². The molecule has 5 heteroatoms. The quantitative estimate of drug-likeness (QED) is 0.555. The molecule has 0 saturated carbocycles. The van der Waals surface area contributed by atoms with Crippen LogP contribution in [-0.4, -0.2) is 31.0 Å². The number of halogens is 1. The van der Waals surface area contributed by atoms with E-state index in [0.29, 0.717) is 13.1 Å². The van der Waals surface area contributed by atoms with Crippen LogP contribution >= 0.6 is 11.6 Å². The maximum Gasteiger partial charge on any atom is 0.228 e. The maximum absolute atomic E-state index is 10.8. The Labute approximate surface area is 59.7 Å². The van der Waals surface area contributed by atoms with Crippen LogP contribution in [-0.2, 0) is 10.0 Å². The van der Waals surface area contributed by atoms with Gasteiger partial charge >= 0.3 is 0 Å². The number of rotatable bonds is 2. The molecular formula is C4H8ClNO2S. The van der Waals surface area contributed by atoms with Crippen molar-refractivity contribution in [2.45, 2.75) is 6.42 Å². The summed E-state index contributed by atoms with van der Waals surface area (Å²) in [6.07, 6.45) is 0.968. The lowest BCUT2D eigenvalue weighted by atomic mass is 10.3. The average Bonchev–Trinajstić information content (AvgIpc) is 1.60. The summed E-state index contributed by atoms with van der Waals surface area (Å²) in [5, 5.41) is -0.285. The molecule has 0 aromatic rings. The van der Waals surface area contributed by atoms with Gasteiger partial charge in [0.15, 0.2) is 0 Å². The van der Waals surface area contributed by atoms with Gasteiger partial charge in [0.1, 0.15) is 5.21 Å². The van der Waals surface area contributed by atoms with E-state index in [2.05, 4.69) is 0 Å². The maximum atomic E-state index is 10.8. The average molecular weight is 170 g/mol. The van der Waals surface area contributed by atoms with Crippen LogP contribution in [0.3, 0.4) is 0 Å². The molecule has 0 amide bonds. The molecule has 1 heterocycles. The van der Waals surface area contributed by atoms with E-state index in [4.69, 9.17) is 11.6 Å². The number of hydrogen-bond acceptors (Lipinski definition) is 2. The van der Waals surface area contributed by atoms with Crippen LogP contribution in [0.2, 0.25) is 0 Å². The smallest absolute Gasteiger partial charge is 0.211 e. The molecule has 54 valence electrons. The van der Waals surface area contributed by atoms with E-state index in [1.807, 2.05) is 0 Å². The predicted molar refractivity (Wildman–Crippen MR) is 35.8 cm³/mol. The van der Waals surface area contributed by atoms with Crippen molar-refractivity contribution in [1.82, 2.24) is 4.31 Å². The Morgan fingerprint density at radius 2 is 2.00 bits per heavy atom. The molecule has 0 aromatic heterocycles. The van der Waals surface area contributed by atoms with Crippen LogP contribution < -0.4 is 0 Å². The molecule has 9 heavy (non-hydrogen) atoms. The van der Waals surface area contributed by atoms with Crippen molar-refractivity contribution >= 4 is 21.6 Å². The highest BCUT2D eigenvalue weighted by Gasteiger charge is 2.25. The highest BCUT2D eigenvalue weighted by Crippen LogP contribution is 2.12. The first-order valence-corrected chi connectivity index (χ1v) is 4.85. The molecule has 1 saturated heterocycles. The zero-order valence-electron chi connectivity index (χ0n) is 4.88. The molecule has 3 nitrogen and oxygen atoms in total. The van der Waals surface area contributed by atoms with Gasteiger partial charge < -0.3 is 0 Å². The Hall–Kier alpha value is 0.200. The third-order valence-corrected chi connectivity index (χ3v) is 3.60. The Morgan fingerprint density at radius 3 is 2.11 bits per heavy atom. The summed E-state index contributed by atoms with van der Waals surface area (Å²) in [7, 11) is -3.06. The van der Waals surface area contributed by atoms with E-state index in [0.717, 1.165) is 6.42 Å². The van der Waals surface area contributed by atoms with Gasteiger partial charge in [-0.1, -0.05) is 0 Å². The molecule has 0 unspecified atom stereocenters. The molecule has 0 aromatic carbocycles. The predicted octanol–water partition coefficient (Wildman–Crippen LogP) is 0.218. The third kappa shape index (κ3) is 1.36. The van der Waals surface area contributed by atoms with Crippen molar-refractivity contribution in [3.05, 3.63) is 0 Å². The van der Waals surface area contributed by atoms with Crippen LogP contribution in [0.4, 0.5) is 0 Å². The van der Waals surface area contributed by atoms with Gasteiger partial charge in [0.2, 0.25) is 10.0 Å². The molecule has 0 radical (unpaired) electrons. The minimum Gasteiger partial charge on any atom is -0.211 e. The first kappa shape index (κ1) is 7.31. The van der Waals surface area contributed by atoms with Crippen molar-refractivity contribution in [2.75, 3.05) is 18.3 Å². The Kier molecular flexibility index (Phi) is 1.98. The fraction of sp³-hybridized carbons (Fsp3) is 1.00. The summed E-state index contributed by atoms with van der Waals surface area (Å²) < 4.78 is 22.9. The molecule has 1 fully saturated rings. The summed E-state index contributed by atoms with van der Waals surface area (Å²) in [6.45, 7) is 1.30. The number of hydrogen-bond donors (Lipinski definition) is 0. The fourth-order valence-corrected chi connectivity index (χ4v) is 2.00. The van der Waals surface area contributed by atoms with E-state index >= 15 is 0 Å². The monoisotopic (exact) mass is 169 g/mol. The van der Waals surface area contributed by atoms with Gasteiger partial charge in [-0.3, -0.25) is 0 Å². The van der Waals surface area contributed by atoms with Crippen LogP contribution in [0.15, 0.2) is 0 Å². The topological polar surface area (TPSA) is 37.4 Å². The lowest BCUT2D eigenvalue weighted by Crippen LogP contribution is -2.42. The standard InChI is InChI=1S/C4H8ClNO2S/c5-4-9(7,8)6-2-1-3-6/h1-4H2. The summed E-state index contributed by atoms with van der Waals surface area (Å²) in [5.74, 6) is 0. The Bertz CT molecular complexity index is 185. The van der Waals surface area contributed by atoms with Gasteiger partial charge in [0, 0.05) is 13.1 Å². The first-order valence-electron chi connectivity index (χ1n) is 2.70. The molecule has 1 rings (SSSR count). The highest BCUT2D eigenvalue weighted by molar-refractivity contribution is 7.90. The molecule has 0 aliphatic carbocycles. The van der Waals surface area contributed by atoms with E-state index < -0.39 is 10.0 Å². The zero-order chi connectivity index (χ0) is 6.91.